The van der Waals surface area contributed by atoms with Gasteiger partial charge < -0.3 is 0 Å². The first kappa shape index (κ1) is 11.9. The van der Waals surface area contributed by atoms with Gasteiger partial charge in [-0.15, -0.1) is 0 Å². The van der Waals surface area contributed by atoms with Gasteiger partial charge >= 0.3 is 0 Å². The summed E-state index contributed by atoms with van der Waals surface area (Å²) in [7, 11) is -3.47. The molecule has 0 saturated carbocycles. The molecule has 0 spiro atoms. The molecule has 7 heteroatoms. The van der Waals surface area contributed by atoms with E-state index in [1.165, 1.54) is 0 Å². The van der Waals surface area contributed by atoms with Crippen LogP contribution in [0.1, 0.15) is 19.8 Å². The highest BCUT2D eigenvalue weighted by Crippen LogP contribution is 2.44. The zero-order valence-electron chi connectivity index (χ0n) is 6.84. The highest BCUT2D eigenvalue weighted by atomic mass is 35.6. The van der Waals surface area contributed by atoms with Gasteiger partial charge in [0.15, 0.2) is 0 Å². The molecular weight excluding hydrogens is 258 g/mol. The average Bonchev–Trinajstić information content (AvgIpc) is 1.94. The highest BCUT2D eigenvalue weighted by Gasteiger charge is 2.56. The number of hydrogen-bond donors (Lipinski definition) is 0. The molecule has 1 heterocycles. The minimum Gasteiger partial charge on any atom is -0.260 e. The predicted molar refractivity (Wildman–Crippen MR) is 52.8 cm³/mol. The van der Waals surface area contributed by atoms with Crippen molar-refractivity contribution in [3.63, 3.8) is 0 Å². The zero-order chi connectivity index (χ0) is 10.3. The van der Waals surface area contributed by atoms with Gasteiger partial charge in [-0.25, -0.2) is 0 Å². The molecule has 78 valence electrons. The standard InChI is InChI=1S/C6H9Cl3O3S/c1-2-3-4-5(6(7,8)9)12-13(4,10)11/h4-5H,2-3H2,1H3/t4-,5-/m1/s1. The van der Waals surface area contributed by atoms with Gasteiger partial charge in [-0.3, -0.25) is 4.18 Å². The lowest BCUT2D eigenvalue weighted by molar-refractivity contribution is 0.137. The van der Waals surface area contributed by atoms with Crippen LogP contribution in [0.2, 0.25) is 0 Å². The van der Waals surface area contributed by atoms with E-state index in [1.54, 1.807) is 0 Å². The van der Waals surface area contributed by atoms with Gasteiger partial charge in [-0.2, -0.15) is 8.42 Å². The Kier molecular flexibility index (Phi) is 3.41. The van der Waals surface area contributed by atoms with E-state index in [0.29, 0.717) is 12.8 Å². The van der Waals surface area contributed by atoms with Crippen molar-refractivity contribution in [2.24, 2.45) is 0 Å². The van der Waals surface area contributed by atoms with Crippen LogP contribution < -0.4 is 0 Å². The summed E-state index contributed by atoms with van der Waals surface area (Å²) in [5.74, 6) is 0. The molecule has 0 aliphatic carbocycles. The first-order chi connectivity index (χ1) is 5.79. The van der Waals surface area contributed by atoms with Crippen molar-refractivity contribution in [1.29, 1.82) is 0 Å². The molecule has 0 bridgehead atoms. The Balaban J connectivity index is 2.74. The van der Waals surface area contributed by atoms with E-state index in [2.05, 4.69) is 4.18 Å². The number of halogens is 3. The molecule has 1 saturated heterocycles. The largest absolute Gasteiger partial charge is 0.273 e. The average molecular weight is 268 g/mol. The van der Waals surface area contributed by atoms with Crippen LogP contribution >= 0.6 is 34.8 Å². The van der Waals surface area contributed by atoms with Crippen molar-refractivity contribution in [1.82, 2.24) is 0 Å². The molecule has 0 radical (unpaired) electrons. The number of rotatable bonds is 2. The summed E-state index contributed by atoms with van der Waals surface area (Å²) >= 11 is 16.6. The summed E-state index contributed by atoms with van der Waals surface area (Å²) in [6.45, 7) is 1.86. The second kappa shape index (κ2) is 3.74. The molecule has 1 fully saturated rings. The predicted octanol–water partition coefficient (Wildman–Crippen LogP) is 2.25. The van der Waals surface area contributed by atoms with Gasteiger partial charge in [0.25, 0.3) is 10.1 Å². The molecule has 2 atom stereocenters. The monoisotopic (exact) mass is 266 g/mol. The number of alkyl halides is 3. The van der Waals surface area contributed by atoms with Crippen molar-refractivity contribution in [2.45, 2.75) is 34.9 Å². The molecular formula is C6H9Cl3O3S. The second-order valence-corrected chi connectivity index (χ2v) is 7.03. The molecule has 0 aromatic rings. The Hall–Kier alpha value is 0.780. The van der Waals surface area contributed by atoms with E-state index in [4.69, 9.17) is 34.8 Å². The zero-order valence-corrected chi connectivity index (χ0v) is 9.92. The van der Waals surface area contributed by atoms with Crippen molar-refractivity contribution >= 4 is 44.9 Å². The summed E-state index contributed by atoms with van der Waals surface area (Å²) in [4.78, 5) is 0. The molecule has 1 rings (SSSR count). The van der Waals surface area contributed by atoms with E-state index >= 15 is 0 Å². The third kappa shape index (κ3) is 2.42. The quantitative estimate of drug-likeness (QED) is 0.569. The smallest absolute Gasteiger partial charge is 0.260 e. The van der Waals surface area contributed by atoms with Crippen LogP contribution in [0.25, 0.3) is 0 Å². The lowest BCUT2D eigenvalue weighted by Gasteiger charge is -2.39. The molecule has 0 amide bonds. The van der Waals surface area contributed by atoms with Gasteiger partial charge in [-0.05, 0) is 6.42 Å². The first-order valence-electron chi connectivity index (χ1n) is 3.78. The van der Waals surface area contributed by atoms with Crippen LogP contribution in [-0.4, -0.2) is 23.6 Å². The van der Waals surface area contributed by atoms with Gasteiger partial charge in [0.1, 0.15) is 11.4 Å². The van der Waals surface area contributed by atoms with Crippen LogP contribution in [0.5, 0.6) is 0 Å². The van der Waals surface area contributed by atoms with E-state index in [9.17, 15) is 8.42 Å². The molecule has 1 aliphatic rings. The summed E-state index contributed by atoms with van der Waals surface area (Å²) in [6.07, 6.45) is 0.341. The maximum absolute atomic E-state index is 11.1. The van der Waals surface area contributed by atoms with Crippen molar-refractivity contribution in [3.05, 3.63) is 0 Å². The van der Waals surface area contributed by atoms with Crippen molar-refractivity contribution < 1.29 is 12.6 Å². The summed E-state index contributed by atoms with van der Waals surface area (Å²) in [5, 5.41) is -0.676. The molecule has 0 N–H and O–H groups in total. The SMILES string of the molecule is CCC[C@@H]1[C@H](C(Cl)(Cl)Cl)OS1(=O)=O. The Morgan fingerprint density at radius 1 is 1.38 bits per heavy atom. The van der Waals surface area contributed by atoms with E-state index < -0.39 is 25.3 Å². The third-order valence-corrected chi connectivity index (χ3v) is 4.19. The molecule has 13 heavy (non-hydrogen) atoms. The van der Waals surface area contributed by atoms with Crippen LogP contribution in [-0.2, 0) is 14.3 Å². The van der Waals surface area contributed by atoms with E-state index in [0.717, 1.165) is 0 Å². The summed E-state index contributed by atoms with van der Waals surface area (Å²) in [6, 6.07) is 0. The van der Waals surface area contributed by atoms with Crippen molar-refractivity contribution in [2.75, 3.05) is 0 Å². The molecule has 0 unspecified atom stereocenters. The van der Waals surface area contributed by atoms with Gasteiger partial charge in [0, 0.05) is 0 Å². The maximum atomic E-state index is 11.1. The minimum absolute atomic E-state index is 0.459. The lowest BCUT2D eigenvalue weighted by Crippen LogP contribution is -2.56. The maximum Gasteiger partial charge on any atom is 0.273 e. The normalized spacial score (nSPS) is 32.6. The summed E-state index contributed by atoms with van der Waals surface area (Å²) in [5.41, 5.74) is 0. The number of hydrogen-bond acceptors (Lipinski definition) is 3. The Bertz CT molecular complexity index is 282. The third-order valence-electron chi connectivity index (χ3n) is 1.84. The highest BCUT2D eigenvalue weighted by molar-refractivity contribution is 7.88. The fraction of sp³-hybridized carbons (Fsp3) is 1.00. The molecule has 0 aromatic heterocycles. The van der Waals surface area contributed by atoms with Crippen LogP contribution in [0.3, 0.4) is 0 Å². The van der Waals surface area contributed by atoms with Gasteiger partial charge in [0.2, 0.25) is 3.79 Å². The Labute approximate surface area is 92.4 Å². The Morgan fingerprint density at radius 2 is 1.92 bits per heavy atom. The molecule has 1 aliphatic heterocycles. The lowest BCUT2D eigenvalue weighted by atomic mass is 10.2. The summed E-state index contributed by atoms with van der Waals surface area (Å²) < 4.78 is 25.0. The molecule has 3 nitrogen and oxygen atoms in total. The fourth-order valence-corrected chi connectivity index (χ4v) is 3.82. The van der Waals surface area contributed by atoms with Crippen molar-refractivity contribution in [3.8, 4) is 0 Å². The second-order valence-electron chi connectivity index (χ2n) is 2.88. The fourth-order valence-electron chi connectivity index (χ4n) is 1.22. The van der Waals surface area contributed by atoms with E-state index in [-0.39, 0.29) is 0 Å². The topological polar surface area (TPSA) is 43.4 Å². The van der Waals surface area contributed by atoms with E-state index in [1.807, 2.05) is 6.92 Å². The van der Waals surface area contributed by atoms with Crippen LogP contribution in [0, 0.1) is 0 Å². The van der Waals surface area contributed by atoms with Crippen LogP contribution in [0.4, 0.5) is 0 Å². The van der Waals surface area contributed by atoms with Gasteiger partial charge in [0.05, 0.1) is 0 Å². The molecule has 0 aromatic carbocycles. The van der Waals surface area contributed by atoms with Gasteiger partial charge in [-0.1, -0.05) is 48.1 Å². The minimum atomic E-state index is -3.47. The Morgan fingerprint density at radius 3 is 2.23 bits per heavy atom. The van der Waals surface area contributed by atoms with Crippen LogP contribution in [0.15, 0.2) is 0 Å². The first-order valence-corrected chi connectivity index (χ1v) is 6.38.